The summed E-state index contributed by atoms with van der Waals surface area (Å²) in [7, 11) is 0. The normalized spacial score (nSPS) is 20.8. The molecule has 2 rings (SSSR count). The fourth-order valence-corrected chi connectivity index (χ4v) is 2.16. The van der Waals surface area contributed by atoms with Crippen LogP contribution in [0.25, 0.3) is 0 Å². The minimum Gasteiger partial charge on any atom is -0.310 e. The summed E-state index contributed by atoms with van der Waals surface area (Å²) in [4.78, 5) is 0. The van der Waals surface area contributed by atoms with Gasteiger partial charge in [-0.25, -0.2) is 4.39 Å². The maximum Gasteiger partial charge on any atom is 0.142 e. The van der Waals surface area contributed by atoms with Crippen molar-refractivity contribution < 1.29 is 4.39 Å². The maximum absolute atomic E-state index is 13.2. The molecule has 0 saturated carbocycles. The molecule has 4 heteroatoms. The second-order valence-corrected chi connectivity index (χ2v) is 4.02. The van der Waals surface area contributed by atoms with Crippen LogP contribution in [0.15, 0.2) is 18.2 Å². The molecule has 1 saturated heterocycles. The summed E-state index contributed by atoms with van der Waals surface area (Å²) in [5.41, 5.74) is 0.895. The van der Waals surface area contributed by atoms with Gasteiger partial charge < -0.3 is 5.32 Å². The molecule has 0 radical (unpaired) electrons. The lowest BCUT2D eigenvalue weighted by atomic mass is 9.97. The number of nitrogens with one attached hydrogen (secondary N) is 1. The van der Waals surface area contributed by atoms with E-state index < -0.39 is 0 Å². The van der Waals surface area contributed by atoms with E-state index in [1.165, 1.54) is 18.9 Å². The van der Waals surface area contributed by atoms with E-state index in [0.717, 1.165) is 18.5 Å². The largest absolute Gasteiger partial charge is 0.310 e. The lowest BCUT2D eigenvalue weighted by molar-refractivity contribution is 0.411. The van der Waals surface area contributed by atoms with E-state index in [4.69, 9.17) is 11.6 Å². The SMILES string of the molecule is Cl.Fc1cccc([C@H]2CCCCN2)c1Cl. The first kappa shape index (κ1) is 12.8. The molecule has 1 N–H and O–H groups in total. The number of rotatable bonds is 1. The van der Waals surface area contributed by atoms with Gasteiger partial charge in [0.25, 0.3) is 0 Å². The van der Waals surface area contributed by atoms with Gasteiger partial charge in [0.2, 0.25) is 0 Å². The Morgan fingerprint density at radius 2 is 2.13 bits per heavy atom. The van der Waals surface area contributed by atoms with Crippen molar-refractivity contribution in [1.82, 2.24) is 5.32 Å². The van der Waals surface area contributed by atoms with Crippen LogP contribution in [-0.4, -0.2) is 6.54 Å². The molecule has 1 aliphatic rings. The second-order valence-electron chi connectivity index (χ2n) is 3.65. The monoisotopic (exact) mass is 249 g/mol. The van der Waals surface area contributed by atoms with Crippen molar-refractivity contribution in [2.45, 2.75) is 25.3 Å². The van der Waals surface area contributed by atoms with Gasteiger partial charge >= 0.3 is 0 Å². The van der Waals surface area contributed by atoms with Gasteiger partial charge in [-0.05, 0) is 31.0 Å². The van der Waals surface area contributed by atoms with Crippen LogP contribution in [0.3, 0.4) is 0 Å². The van der Waals surface area contributed by atoms with Crippen molar-refractivity contribution >= 4 is 24.0 Å². The third-order valence-corrected chi connectivity index (χ3v) is 3.07. The molecular weight excluding hydrogens is 236 g/mol. The minimum atomic E-state index is -0.323. The molecule has 1 nitrogen and oxygen atoms in total. The quantitative estimate of drug-likeness (QED) is 0.801. The number of hydrogen-bond donors (Lipinski definition) is 1. The average Bonchev–Trinajstić information content (AvgIpc) is 2.23. The molecule has 0 bridgehead atoms. The van der Waals surface area contributed by atoms with Gasteiger partial charge in [0.1, 0.15) is 5.82 Å². The summed E-state index contributed by atoms with van der Waals surface area (Å²) in [5.74, 6) is -0.323. The molecule has 0 unspecified atom stereocenters. The molecule has 84 valence electrons. The Bertz CT molecular complexity index is 324. The lowest BCUT2D eigenvalue weighted by Crippen LogP contribution is -2.27. The summed E-state index contributed by atoms with van der Waals surface area (Å²) in [6.45, 7) is 0.998. The molecule has 1 aliphatic heterocycles. The molecule has 1 atom stereocenters. The molecule has 0 aliphatic carbocycles. The van der Waals surface area contributed by atoms with Gasteiger partial charge in [0.15, 0.2) is 0 Å². The van der Waals surface area contributed by atoms with Crippen LogP contribution in [0.1, 0.15) is 30.9 Å². The van der Waals surface area contributed by atoms with Gasteiger partial charge in [-0.3, -0.25) is 0 Å². The topological polar surface area (TPSA) is 12.0 Å². The van der Waals surface area contributed by atoms with E-state index in [1.54, 1.807) is 6.07 Å². The van der Waals surface area contributed by atoms with Gasteiger partial charge in [-0.1, -0.05) is 30.2 Å². The van der Waals surface area contributed by atoms with Crippen LogP contribution >= 0.6 is 24.0 Å². The third-order valence-electron chi connectivity index (χ3n) is 2.67. The Kier molecular flexibility index (Phi) is 4.84. The summed E-state index contributed by atoms with van der Waals surface area (Å²) < 4.78 is 13.2. The van der Waals surface area contributed by atoms with E-state index in [9.17, 15) is 4.39 Å². The van der Waals surface area contributed by atoms with Crippen LogP contribution in [0, 0.1) is 5.82 Å². The Labute approximate surface area is 100 Å². The van der Waals surface area contributed by atoms with E-state index in [0.29, 0.717) is 0 Å². The van der Waals surface area contributed by atoms with Crippen LogP contribution < -0.4 is 5.32 Å². The highest BCUT2D eigenvalue weighted by Gasteiger charge is 2.18. The minimum absolute atomic E-state index is 0. The van der Waals surface area contributed by atoms with Crippen LogP contribution in [0.4, 0.5) is 4.39 Å². The second kappa shape index (κ2) is 5.69. The first-order valence-corrected chi connectivity index (χ1v) is 5.34. The average molecular weight is 250 g/mol. The molecule has 1 aromatic carbocycles. The first-order chi connectivity index (χ1) is 6.79. The van der Waals surface area contributed by atoms with Crippen LogP contribution in [0.5, 0.6) is 0 Å². The molecule has 1 fully saturated rings. The molecule has 15 heavy (non-hydrogen) atoms. The number of halogens is 3. The molecule has 0 spiro atoms. The highest BCUT2D eigenvalue weighted by molar-refractivity contribution is 6.31. The van der Waals surface area contributed by atoms with Crippen molar-refractivity contribution in [1.29, 1.82) is 0 Å². The summed E-state index contributed by atoms with van der Waals surface area (Å²) >= 11 is 5.91. The fourth-order valence-electron chi connectivity index (χ4n) is 1.91. The highest BCUT2D eigenvalue weighted by Crippen LogP contribution is 2.30. The van der Waals surface area contributed by atoms with Gasteiger partial charge in [-0.2, -0.15) is 0 Å². The molecular formula is C11H14Cl2FN. The molecule has 1 heterocycles. The van der Waals surface area contributed by atoms with Gasteiger partial charge in [0, 0.05) is 6.04 Å². The number of benzene rings is 1. The van der Waals surface area contributed by atoms with Gasteiger partial charge in [0.05, 0.1) is 5.02 Å². The van der Waals surface area contributed by atoms with E-state index in [-0.39, 0.29) is 29.3 Å². The van der Waals surface area contributed by atoms with Crippen molar-refractivity contribution in [2.75, 3.05) is 6.54 Å². The zero-order chi connectivity index (χ0) is 9.97. The van der Waals surface area contributed by atoms with Crippen molar-refractivity contribution in [3.05, 3.63) is 34.6 Å². The standard InChI is InChI=1S/C11H13ClFN.ClH/c12-11-8(4-3-5-9(11)13)10-6-1-2-7-14-10;/h3-5,10,14H,1-2,6-7H2;1H/t10-;/m1./s1. The molecule has 0 amide bonds. The number of hydrogen-bond acceptors (Lipinski definition) is 1. The summed E-state index contributed by atoms with van der Waals surface area (Å²) in [6.07, 6.45) is 3.43. The predicted octanol–water partition coefficient (Wildman–Crippen LogP) is 3.72. The van der Waals surface area contributed by atoms with Crippen molar-refractivity contribution in [3.63, 3.8) is 0 Å². The Morgan fingerprint density at radius 3 is 2.80 bits per heavy atom. The zero-order valence-corrected chi connectivity index (χ0v) is 9.87. The smallest absolute Gasteiger partial charge is 0.142 e. The Hall–Kier alpha value is -0.310. The third kappa shape index (κ3) is 2.83. The highest BCUT2D eigenvalue weighted by atomic mass is 35.5. The summed E-state index contributed by atoms with van der Waals surface area (Å²) in [6, 6.07) is 5.24. The van der Waals surface area contributed by atoms with E-state index >= 15 is 0 Å². The fraction of sp³-hybridized carbons (Fsp3) is 0.455. The molecule has 1 aromatic rings. The maximum atomic E-state index is 13.2. The number of piperidine rings is 1. The van der Waals surface area contributed by atoms with E-state index in [1.807, 2.05) is 6.07 Å². The van der Waals surface area contributed by atoms with Crippen LogP contribution in [0.2, 0.25) is 5.02 Å². The van der Waals surface area contributed by atoms with Gasteiger partial charge in [-0.15, -0.1) is 12.4 Å². The van der Waals surface area contributed by atoms with Crippen molar-refractivity contribution in [3.8, 4) is 0 Å². The predicted molar refractivity (Wildman–Crippen MR) is 63.3 cm³/mol. The molecule has 0 aromatic heterocycles. The van der Waals surface area contributed by atoms with Crippen molar-refractivity contribution in [2.24, 2.45) is 0 Å². The Morgan fingerprint density at radius 1 is 1.33 bits per heavy atom. The first-order valence-electron chi connectivity index (χ1n) is 4.96. The Balaban J connectivity index is 0.00000112. The summed E-state index contributed by atoms with van der Waals surface area (Å²) in [5, 5.41) is 3.62. The van der Waals surface area contributed by atoms with Crippen LogP contribution in [-0.2, 0) is 0 Å². The lowest BCUT2D eigenvalue weighted by Gasteiger charge is -2.24. The zero-order valence-electron chi connectivity index (χ0n) is 8.30. The van der Waals surface area contributed by atoms with E-state index in [2.05, 4.69) is 5.32 Å².